The van der Waals surface area contributed by atoms with Gasteiger partial charge in [0, 0.05) is 5.69 Å². The van der Waals surface area contributed by atoms with Gasteiger partial charge in [0.05, 0.1) is 11.1 Å². The number of rotatable bonds is 7. The Morgan fingerprint density at radius 3 is 1.93 bits per heavy atom. The summed E-state index contributed by atoms with van der Waals surface area (Å²) in [7, 11) is 0. The number of benzene rings is 2. The second-order valence-corrected chi connectivity index (χ2v) is 8.10. The second-order valence-electron chi connectivity index (χ2n) is 8.10. The maximum absolute atomic E-state index is 12.6. The van der Waals surface area contributed by atoms with Crippen molar-refractivity contribution >= 4 is 17.6 Å². The van der Waals surface area contributed by atoms with Crippen molar-refractivity contribution in [3.63, 3.8) is 0 Å². The summed E-state index contributed by atoms with van der Waals surface area (Å²) >= 11 is 0. The Labute approximate surface area is 178 Å². The molecule has 2 aromatic rings. The van der Waals surface area contributed by atoms with Crippen molar-refractivity contribution < 1.29 is 14.7 Å². The molecule has 0 aromatic heterocycles. The monoisotopic (exact) mass is 403 g/mol. The first-order chi connectivity index (χ1) is 14.2. The molecule has 0 unspecified atom stereocenters. The van der Waals surface area contributed by atoms with Crippen molar-refractivity contribution in [3.8, 4) is 0 Å². The Bertz CT molecular complexity index is 972. The van der Waals surface area contributed by atoms with Gasteiger partial charge in [0.2, 0.25) is 0 Å². The first-order valence-electron chi connectivity index (χ1n) is 9.88. The van der Waals surface area contributed by atoms with Gasteiger partial charge >= 0.3 is 5.97 Å². The fourth-order valence-electron chi connectivity index (χ4n) is 3.06. The lowest BCUT2D eigenvalue weighted by Gasteiger charge is -2.19. The summed E-state index contributed by atoms with van der Waals surface area (Å²) in [5, 5.41) is 12.1. The average molecular weight is 404 g/mol. The Balaban J connectivity index is 2.10. The van der Waals surface area contributed by atoms with Crippen LogP contribution in [-0.2, 0) is 21.4 Å². The number of carbonyl (C=O) groups is 2. The highest BCUT2D eigenvalue weighted by molar-refractivity contribution is 6.13. The molecule has 1 amide bonds. The molecule has 0 bridgehead atoms. The van der Waals surface area contributed by atoms with Gasteiger partial charge in [-0.05, 0) is 53.7 Å². The van der Waals surface area contributed by atoms with Crippen LogP contribution in [0.25, 0.3) is 0 Å². The predicted octanol–water partition coefficient (Wildman–Crippen LogP) is 5.66. The zero-order valence-electron chi connectivity index (χ0n) is 18.0. The van der Waals surface area contributed by atoms with E-state index in [2.05, 4.69) is 56.9 Å². The van der Waals surface area contributed by atoms with Crippen LogP contribution in [0.5, 0.6) is 0 Å². The van der Waals surface area contributed by atoms with Crippen LogP contribution in [0.15, 0.2) is 84.5 Å². The van der Waals surface area contributed by atoms with E-state index in [1.807, 2.05) is 24.3 Å². The van der Waals surface area contributed by atoms with Gasteiger partial charge in [-0.2, -0.15) is 0 Å². The molecule has 0 fully saturated rings. The van der Waals surface area contributed by atoms with Crippen LogP contribution < -0.4 is 5.32 Å². The van der Waals surface area contributed by atoms with E-state index in [4.69, 9.17) is 0 Å². The van der Waals surface area contributed by atoms with Gasteiger partial charge in [-0.25, -0.2) is 4.79 Å². The Hall–Kier alpha value is -3.40. The smallest absolute Gasteiger partial charge is 0.336 e. The van der Waals surface area contributed by atoms with E-state index < -0.39 is 11.9 Å². The number of nitrogens with one attached hydrogen (secondary N) is 1. The first kappa shape index (κ1) is 22.9. The lowest BCUT2D eigenvalue weighted by molar-refractivity contribution is -0.132. The van der Waals surface area contributed by atoms with E-state index in [0.717, 1.165) is 12.0 Å². The molecule has 0 atom stereocenters. The fourth-order valence-corrected chi connectivity index (χ4v) is 3.06. The molecule has 0 saturated heterocycles. The summed E-state index contributed by atoms with van der Waals surface area (Å²) in [5.74, 6) is -1.65. The lowest BCUT2D eigenvalue weighted by atomic mass is 9.86. The number of hydrogen-bond acceptors (Lipinski definition) is 2. The molecule has 0 aliphatic carbocycles. The highest BCUT2D eigenvalue weighted by Gasteiger charge is 2.19. The van der Waals surface area contributed by atoms with Gasteiger partial charge in [0.25, 0.3) is 5.91 Å². The van der Waals surface area contributed by atoms with Crippen molar-refractivity contribution in [2.75, 3.05) is 5.32 Å². The number of aliphatic carboxylic acids is 1. The zero-order chi connectivity index (χ0) is 22.3. The fraction of sp³-hybridized carbons (Fsp3) is 0.231. The van der Waals surface area contributed by atoms with E-state index in [9.17, 15) is 14.7 Å². The quantitative estimate of drug-likeness (QED) is 0.463. The van der Waals surface area contributed by atoms with Crippen molar-refractivity contribution in [1.82, 2.24) is 0 Å². The number of carboxylic acid groups (broad SMARTS) is 1. The molecule has 156 valence electrons. The Kier molecular flexibility index (Phi) is 7.54. The van der Waals surface area contributed by atoms with E-state index in [0.29, 0.717) is 5.69 Å². The zero-order valence-corrected chi connectivity index (χ0v) is 18.0. The molecule has 2 aromatic carbocycles. The topological polar surface area (TPSA) is 66.4 Å². The van der Waals surface area contributed by atoms with Crippen molar-refractivity contribution in [1.29, 1.82) is 0 Å². The maximum atomic E-state index is 12.6. The number of allylic oxidation sites excluding steroid dienone is 3. The molecular weight excluding hydrogens is 374 g/mol. The first-order valence-corrected chi connectivity index (χ1v) is 9.88. The largest absolute Gasteiger partial charge is 0.478 e. The van der Waals surface area contributed by atoms with Gasteiger partial charge < -0.3 is 10.4 Å². The third kappa shape index (κ3) is 6.05. The summed E-state index contributed by atoms with van der Waals surface area (Å²) in [5.41, 5.74) is 4.36. The summed E-state index contributed by atoms with van der Waals surface area (Å²) in [4.78, 5) is 23.9. The molecule has 0 radical (unpaired) electrons. The third-order valence-electron chi connectivity index (χ3n) is 4.78. The molecule has 30 heavy (non-hydrogen) atoms. The maximum Gasteiger partial charge on any atom is 0.336 e. The summed E-state index contributed by atoms with van der Waals surface area (Å²) in [6.07, 6.45) is 4.98. The van der Waals surface area contributed by atoms with Crippen LogP contribution >= 0.6 is 0 Å². The molecule has 2 rings (SSSR count). The molecule has 0 saturated carbocycles. The van der Waals surface area contributed by atoms with Crippen LogP contribution in [-0.4, -0.2) is 17.0 Å². The molecule has 0 aliphatic heterocycles. The van der Waals surface area contributed by atoms with Gasteiger partial charge in [-0.15, -0.1) is 0 Å². The van der Waals surface area contributed by atoms with E-state index in [1.54, 1.807) is 6.92 Å². The molecule has 0 spiro atoms. The highest BCUT2D eigenvalue weighted by Crippen LogP contribution is 2.23. The SMILES string of the molecule is C=C/C=C(C(=O)Nc1ccc(Cc2ccc(C(C)(C)C)cc2)cc1)\C(=C/C)C(=O)O. The van der Waals surface area contributed by atoms with E-state index in [1.165, 1.54) is 29.4 Å². The van der Waals surface area contributed by atoms with Gasteiger partial charge in [-0.1, -0.05) is 75.9 Å². The predicted molar refractivity (Wildman–Crippen MR) is 123 cm³/mol. The minimum atomic E-state index is -1.16. The van der Waals surface area contributed by atoms with Crippen molar-refractivity contribution in [2.24, 2.45) is 0 Å². The molecule has 2 N–H and O–H groups in total. The van der Waals surface area contributed by atoms with Crippen LogP contribution in [0, 0.1) is 0 Å². The summed E-state index contributed by atoms with van der Waals surface area (Å²) < 4.78 is 0. The minimum Gasteiger partial charge on any atom is -0.478 e. The number of carboxylic acids is 1. The van der Waals surface area contributed by atoms with Gasteiger partial charge in [0.15, 0.2) is 0 Å². The highest BCUT2D eigenvalue weighted by atomic mass is 16.4. The third-order valence-corrected chi connectivity index (χ3v) is 4.78. The van der Waals surface area contributed by atoms with Crippen molar-refractivity contribution in [2.45, 2.75) is 39.5 Å². The number of anilines is 1. The Morgan fingerprint density at radius 2 is 1.50 bits per heavy atom. The van der Waals surface area contributed by atoms with Gasteiger partial charge in [0.1, 0.15) is 0 Å². The van der Waals surface area contributed by atoms with Gasteiger partial charge in [-0.3, -0.25) is 4.79 Å². The molecular formula is C26H29NO3. The van der Waals surface area contributed by atoms with E-state index >= 15 is 0 Å². The Morgan fingerprint density at radius 1 is 0.967 bits per heavy atom. The standard InChI is InChI=1S/C26H29NO3/c1-6-8-23(22(7-2)25(29)30)24(28)27-21-15-11-19(12-16-21)17-18-9-13-20(14-10-18)26(3,4)5/h6-16H,1,17H2,2-5H3,(H,27,28)(H,29,30)/b22-7+,23-8+. The molecule has 4 nitrogen and oxygen atoms in total. The van der Waals surface area contributed by atoms with Crippen LogP contribution in [0.1, 0.15) is 44.4 Å². The average Bonchev–Trinajstić information content (AvgIpc) is 2.69. The van der Waals surface area contributed by atoms with Crippen LogP contribution in [0.2, 0.25) is 0 Å². The number of hydrogen-bond donors (Lipinski definition) is 2. The molecule has 4 heteroatoms. The molecule has 0 heterocycles. The number of amides is 1. The normalized spacial score (nSPS) is 12.4. The number of carbonyl (C=O) groups excluding carboxylic acids is 1. The molecule has 0 aliphatic rings. The van der Waals surface area contributed by atoms with Crippen LogP contribution in [0.4, 0.5) is 5.69 Å². The second kappa shape index (κ2) is 9.88. The van der Waals surface area contributed by atoms with E-state index in [-0.39, 0.29) is 16.6 Å². The summed E-state index contributed by atoms with van der Waals surface area (Å²) in [6, 6.07) is 16.2. The van der Waals surface area contributed by atoms with Crippen LogP contribution in [0.3, 0.4) is 0 Å². The minimum absolute atomic E-state index is 0.0583. The van der Waals surface area contributed by atoms with Crippen molar-refractivity contribution in [3.05, 3.63) is 101 Å². The lowest BCUT2D eigenvalue weighted by Crippen LogP contribution is -2.19. The summed E-state index contributed by atoms with van der Waals surface area (Å²) in [6.45, 7) is 11.7.